The second-order valence-electron chi connectivity index (χ2n) is 8.95. The average molecular weight is 570 g/mol. The summed E-state index contributed by atoms with van der Waals surface area (Å²) in [5.74, 6) is 1.29. The largest absolute Gasteiger partial charge is 0.490 e. The fraction of sp³-hybridized carbons (Fsp3) is 0.429. The van der Waals surface area contributed by atoms with Crippen LogP contribution in [-0.2, 0) is 9.53 Å². The van der Waals surface area contributed by atoms with Gasteiger partial charge in [0.2, 0.25) is 0 Å². The minimum atomic E-state index is -0.800. The molecule has 0 unspecified atom stereocenters. The number of nitrogens with zero attached hydrogens (tertiary/aromatic N) is 3. The number of rotatable bonds is 9. The predicted molar refractivity (Wildman–Crippen MR) is 147 cm³/mol. The minimum Gasteiger partial charge on any atom is -0.490 e. The summed E-state index contributed by atoms with van der Waals surface area (Å²) in [4.78, 5) is 30.4. The standard InChI is InChI=1S/C28H32BrN3O5/c1-4-35-24-15-20(22(29)16-25(24)37-18(3)28(34)36-5-2)17-30-32-26(19-11-7-6-8-12-19)31-23-14-10-9-13-21(23)27(32)33/h9-10,13-19H,4-8,11-12H2,1-3H3/t18-/m1/s1. The first-order chi connectivity index (χ1) is 17.9. The number of ether oxygens (including phenoxy) is 3. The molecule has 1 aliphatic rings. The summed E-state index contributed by atoms with van der Waals surface area (Å²) in [6.07, 6.45) is 6.24. The highest BCUT2D eigenvalue weighted by Crippen LogP contribution is 2.35. The van der Waals surface area contributed by atoms with Gasteiger partial charge >= 0.3 is 5.97 Å². The zero-order valence-corrected chi connectivity index (χ0v) is 23.0. The molecule has 0 bridgehead atoms. The molecule has 1 saturated carbocycles. The Morgan fingerprint density at radius 1 is 1.16 bits per heavy atom. The molecule has 0 radical (unpaired) electrons. The molecule has 0 aliphatic heterocycles. The van der Waals surface area contributed by atoms with Crippen molar-refractivity contribution in [1.29, 1.82) is 0 Å². The highest BCUT2D eigenvalue weighted by atomic mass is 79.9. The van der Waals surface area contributed by atoms with E-state index in [4.69, 9.17) is 19.2 Å². The number of halogens is 1. The zero-order valence-electron chi connectivity index (χ0n) is 21.4. The van der Waals surface area contributed by atoms with E-state index < -0.39 is 12.1 Å². The Morgan fingerprint density at radius 3 is 2.65 bits per heavy atom. The maximum Gasteiger partial charge on any atom is 0.347 e. The van der Waals surface area contributed by atoms with Crippen molar-refractivity contribution in [3.8, 4) is 11.5 Å². The smallest absolute Gasteiger partial charge is 0.347 e. The van der Waals surface area contributed by atoms with Crippen molar-refractivity contribution in [2.75, 3.05) is 13.2 Å². The molecule has 1 fully saturated rings. The number of benzene rings is 2. The third-order valence-corrected chi connectivity index (χ3v) is 7.03. The van der Waals surface area contributed by atoms with Gasteiger partial charge in [0.15, 0.2) is 17.6 Å². The lowest BCUT2D eigenvalue weighted by Gasteiger charge is -2.22. The van der Waals surface area contributed by atoms with Crippen LogP contribution in [0.1, 0.15) is 70.2 Å². The SMILES string of the molecule is CCOC(=O)[C@@H](C)Oc1cc(Br)c(C=Nn2c(C3CCCCC3)nc3ccccc3c2=O)cc1OCC. The van der Waals surface area contributed by atoms with Crippen LogP contribution in [0.2, 0.25) is 0 Å². The number of aromatic nitrogens is 2. The second-order valence-corrected chi connectivity index (χ2v) is 9.80. The van der Waals surface area contributed by atoms with Crippen molar-refractivity contribution < 1.29 is 19.0 Å². The maximum absolute atomic E-state index is 13.5. The molecular weight excluding hydrogens is 538 g/mol. The summed E-state index contributed by atoms with van der Waals surface area (Å²) < 4.78 is 18.8. The van der Waals surface area contributed by atoms with Gasteiger partial charge in [-0.05, 0) is 73.8 Å². The molecule has 0 saturated heterocycles. The van der Waals surface area contributed by atoms with Crippen LogP contribution in [0.15, 0.2) is 50.8 Å². The van der Waals surface area contributed by atoms with Gasteiger partial charge in [0.25, 0.3) is 5.56 Å². The molecule has 4 rings (SSSR count). The number of esters is 1. The van der Waals surface area contributed by atoms with Crippen molar-refractivity contribution in [2.24, 2.45) is 5.10 Å². The molecule has 1 heterocycles. The second kappa shape index (κ2) is 12.4. The zero-order chi connectivity index (χ0) is 26.4. The van der Waals surface area contributed by atoms with Crippen molar-refractivity contribution in [3.05, 3.63) is 62.6 Å². The molecule has 0 amide bonds. The average Bonchev–Trinajstić information content (AvgIpc) is 2.90. The van der Waals surface area contributed by atoms with Crippen molar-refractivity contribution >= 4 is 39.0 Å². The Labute approximate surface area is 224 Å². The van der Waals surface area contributed by atoms with Crippen LogP contribution in [0.3, 0.4) is 0 Å². The number of hydrogen-bond donors (Lipinski definition) is 0. The predicted octanol–water partition coefficient (Wildman–Crippen LogP) is 5.82. The lowest BCUT2D eigenvalue weighted by atomic mass is 9.88. The summed E-state index contributed by atoms with van der Waals surface area (Å²) in [6, 6.07) is 10.9. The number of para-hydroxylation sites is 1. The summed E-state index contributed by atoms with van der Waals surface area (Å²) in [5, 5.41) is 5.16. The van der Waals surface area contributed by atoms with Gasteiger partial charge in [-0.1, -0.05) is 31.4 Å². The molecule has 3 aromatic rings. The van der Waals surface area contributed by atoms with Gasteiger partial charge in [-0.15, -0.1) is 0 Å². The van der Waals surface area contributed by atoms with Gasteiger partial charge < -0.3 is 14.2 Å². The number of hydrogen-bond acceptors (Lipinski definition) is 7. The first-order valence-electron chi connectivity index (χ1n) is 12.8. The van der Waals surface area contributed by atoms with E-state index in [0.29, 0.717) is 44.9 Å². The van der Waals surface area contributed by atoms with Crippen LogP contribution >= 0.6 is 15.9 Å². The Morgan fingerprint density at radius 2 is 1.92 bits per heavy atom. The van der Waals surface area contributed by atoms with E-state index in [9.17, 15) is 9.59 Å². The summed E-state index contributed by atoms with van der Waals surface area (Å²) in [7, 11) is 0. The molecular formula is C28H32BrN3O5. The van der Waals surface area contributed by atoms with Crippen LogP contribution in [0, 0.1) is 0 Å². The Bertz CT molecular complexity index is 1350. The monoisotopic (exact) mass is 569 g/mol. The van der Waals surface area contributed by atoms with Gasteiger partial charge in [-0.3, -0.25) is 4.79 Å². The van der Waals surface area contributed by atoms with Crippen LogP contribution < -0.4 is 15.0 Å². The fourth-order valence-electron chi connectivity index (χ4n) is 4.51. The molecule has 196 valence electrons. The molecule has 2 aromatic carbocycles. The Hall–Kier alpha value is -3.20. The van der Waals surface area contributed by atoms with E-state index in [1.54, 1.807) is 38.3 Å². The van der Waals surface area contributed by atoms with Crippen molar-refractivity contribution in [2.45, 2.75) is 64.9 Å². The lowest BCUT2D eigenvalue weighted by Crippen LogP contribution is -2.26. The molecule has 0 spiro atoms. The van der Waals surface area contributed by atoms with E-state index in [1.807, 2.05) is 25.1 Å². The van der Waals surface area contributed by atoms with Crippen LogP contribution in [0.5, 0.6) is 11.5 Å². The fourth-order valence-corrected chi connectivity index (χ4v) is 4.93. The van der Waals surface area contributed by atoms with E-state index >= 15 is 0 Å². The molecule has 37 heavy (non-hydrogen) atoms. The summed E-state index contributed by atoms with van der Waals surface area (Å²) in [6.45, 7) is 5.92. The molecule has 1 aromatic heterocycles. The topological polar surface area (TPSA) is 92.0 Å². The highest BCUT2D eigenvalue weighted by Gasteiger charge is 2.23. The molecule has 9 heteroatoms. The molecule has 1 aliphatic carbocycles. The van der Waals surface area contributed by atoms with Gasteiger partial charge in [-0.2, -0.15) is 9.78 Å². The number of fused-ring (bicyclic) bond motifs is 1. The minimum absolute atomic E-state index is 0.186. The van der Waals surface area contributed by atoms with E-state index in [-0.39, 0.29) is 18.1 Å². The Kier molecular flexibility index (Phi) is 8.97. The van der Waals surface area contributed by atoms with Gasteiger partial charge in [-0.25, -0.2) is 9.78 Å². The molecule has 0 N–H and O–H groups in total. The van der Waals surface area contributed by atoms with Gasteiger partial charge in [0, 0.05) is 16.0 Å². The third kappa shape index (κ3) is 6.21. The van der Waals surface area contributed by atoms with Crippen LogP contribution in [0.4, 0.5) is 0 Å². The summed E-state index contributed by atoms with van der Waals surface area (Å²) in [5.41, 5.74) is 1.19. The normalized spacial score (nSPS) is 15.1. The first kappa shape index (κ1) is 26.9. The first-order valence-corrected chi connectivity index (χ1v) is 13.6. The number of carbonyl (C=O) groups excluding carboxylic acids is 1. The van der Waals surface area contributed by atoms with Crippen LogP contribution in [0.25, 0.3) is 10.9 Å². The summed E-state index contributed by atoms with van der Waals surface area (Å²) >= 11 is 3.57. The van der Waals surface area contributed by atoms with Crippen molar-refractivity contribution in [3.63, 3.8) is 0 Å². The Balaban J connectivity index is 1.73. The lowest BCUT2D eigenvalue weighted by molar-refractivity contribution is -0.150. The quantitative estimate of drug-likeness (QED) is 0.238. The molecule has 1 atom stereocenters. The molecule has 8 nitrogen and oxygen atoms in total. The van der Waals surface area contributed by atoms with E-state index in [0.717, 1.165) is 25.7 Å². The van der Waals surface area contributed by atoms with E-state index in [1.165, 1.54) is 11.1 Å². The van der Waals surface area contributed by atoms with Gasteiger partial charge in [0.05, 0.1) is 30.3 Å². The van der Waals surface area contributed by atoms with Gasteiger partial charge in [0.1, 0.15) is 5.82 Å². The number of carbonyl (C=O) groups is 1. The maximum atomic E-state index is 13.5. The third-order valence-electron chi connectivity index (χ3n) is 6.35. The van der Waals surface area contributed by atoms with Crippen LogP contribution in [-0.4, -0.2) is 41.2 Å². The van der Waals surface area contributed by atoms with E-state index in [2.05, 4.69) is 21.0 Å². The highest BCUT2D eigenvalue weighted by molar-refractivity contribution is 9.10. The van der Waals surface area contributed by atoms with Crippen molar-refractivity contribution in [1.82, 2.24) is 9.66 Å².